The molecule has 0 aliphatic carbocycles. The van der Waals surface area contributed by atoms with Crippen LogP contribution in [0.4, 0.5) is 0 Å². The Hall–Kier alpha value is -4.79. The lowest BCUT2D eigenvalue weighted by Gasteiger charge is -2.18. The molecule has 0 spiro atoms. The summed E-state index contributed by atoms with van der Waals surface area (Å²) in [5.74, 6) is -0.0757. The third kappa shape index (κ3) is 4.67. The minimum absolute atomic E-state index is 0.128. The van der Waals surface area contributed by atoms with Gasteiger partial charge < -0.3 is 19.8 Å². The summed E-state index contributed by atoms with van der Waals surface area (Å²) < 4.78 is 1.98. The molecule has 9 heteroatoms. The molecule has 2 aliphatic heterocycles. The van der Waals surface area contributed by atoms with E-state index < -0.39 is 0 Å². The summed E-state index contributed by atoms with van der Waals surface area (Å²) in [5.41, 5.74) is 8.23. The Morgan fingerprint density at radius 1 is 0.780 bits per heavy atom. The van der Waals surface area contributed by atoms with Gasteiger partial charge in [0, 0.05) is 18.0 Å². The summed E-state index contributed by atoms with van der Waals surface area (Å²) in [6.07, 6.45) is 3.15. The van der Waals surface area contributed by atoms with Crippen LogP contribution in [-0.4, -0.2) is 34.7 Å². The normalized spacial score (nSPS) is 11.8. The fraction of sp³-hybridized carbons (Fsp3) is 0.281. The van der Waals surface area contributed by atoms with Gasteiger partial charge in [0.2, 0.25) is 11.3 Å². The summed E-state index contributed by atoms with van der Waals surface area (Å²) in [5, 5.41) is 21.6. The van der Waals surface area contributed by atoms with Crippen LogP contribution in [0.3, 0.4) is 0 Å². The smallest absolute Gasteiger partial charge is 0.252 e. The number of nitrogens with zero attached hydrogens (tertiary/aromatic N) is 4. The number of aryl methyl sites for hydroxylation is 6. The van der Waals surface area contributed by atoms with Gasteiger partial charge in [-0.1, -0.05) is 6.42 Å². The molecule has 4 heterocycles. The van der Waals surface area contributed by atoms with E-state index in [0.717, 1.165) is 75.6 Å². The highest BCUT2D eigenvalue weighted by atomic mass is 16.3. The first kappa shape index (κ1) is 26.4. The van der Waals surface area contributed by atoms with Crippen molar-refractivity contribution >= 4 is 33.0 Å². The molecule has 4 aromatic rings. The number of fused-ring (bicyclic) bond motifs is 4. The van der Waals surface area contributed by atoms with E-state index in [9.17, 15) is 19.8 Å². The van der Waals surface area contributed by atoms with Crippen LogP contribution in [-0.2, 0) is 13.0 Å². The number of unbranched alkanes of at least 4 members (excludes halogenated alkanes) is 2. The summed E-state index contributed by atoms with van der Waals surface area (Å²) in [6, 6.07) is 10.4. The Morgan fingerprint density at radius 2 is 1.49 bits per heavy atom. The Morgan fingerprint density at radius 3 is 2.27 bits per heavy atom. The van der Waals surface area contributed by atoms with E-state index in [0.29, 0.717) is 35.3 Å². The minimum Gasteiger partial charge on any atom is -0.505 e. The SMILES string of the molecule is Cc1cc2nc3c(O)cc(=O)[nH]c3c(CCCCCn3c4nc(O)cc(=O)c-4nc4cc(C)c(C)cc43)c2cc1C. The molecule has 0 fully saturated rings. The standard InChI is InChI=1S/C32H31N5O4/c1-16-10-21-20(29-30(25(38)14-27(40)35-29)33-22(21)11-17(16)2)8-6-5-7-9-37-24-13-19(4)18(3)12-23(24)34-31-26(39)15-28(41)36-32(31)37/h10-15,41H,5-9H2,1-4H3,(H2,35,38,40). The second-order valence-corrected chi connectivity index (χ2v) is 10.9. The van der Waals surface area contributed by atoms with E-state index >= 15 is 0 Å². The number of pyridine rings is 3. The number of H-pyrrole nitrogens is 1. The third-order valence-corrected chi connectivity index (χ3v) is 8.07. The molecule has 208 valence electrons. The van der Waals surface area contributed by atoms with Crippen molar-refractivity contribution in [3.63, 3.8) is 0 Å². The van der Waals surface area contributed by atoms with E-state index in [1.165, 1.54) is 0 Å². The molecule has 0 radical (unpaired) electrons. The minimum atomic E-state index is -0.367. The molecule has 41 heavy (non-hydrogen) atoms. The van der Waals surface area contributed by atoms with Crippen LogP contribution in [0.1, 0.15) is 47.1 Å². The van der Waals surface area contributed by atoms with Crippen molar-refractivity contribution in [3.05, 3.63) is 84.8 Å². The lowest BCUT2D eigenvalue weighted by atomic mass is 9.97. The second-order valence-electron chi connectivity index (χ2n) is 10.9. The fourth-order valence-electron chi connectivity index (χ4n) is 5.60. The predicted octanol–water partition coefficient (Wildman–Crippen LogP) is 5.34. The average molecular weight is 550 g/mol. The van der Waals surface area contributed by atoms with Gasteiger partial charge in [0.15, 0.2) is 11.5 Å². The van der Waals surface area contributed by atoms with Gasteiger partial charge in [-0.2, -0.15) is 4.98 Å². The van der Waals surface area contributed by atoms with Gasteiger partial charge in [0.25, 0.3) is 5.56 Å². The maximum absolute atomic E-state index is 12.7. The van der Waals surface area contributed by atoms with Crippen LogP contribution < -0.4 is 11.0 Å². The van der Waals surface area contributed by atoms with Crippen LogP contribution in [0.25, 0.3) is 44.5 Å². The molecular formula is C32H31N5O4. The van der Waals surface area contributed by atoms with Crippen molar-refractivity contribution < 1.29 is 10.2 Å². The molecule has 0 saturated heterocycles. The number of aromatic amines is 1. The van der Waals surface area contributed by atoms with Crippen LogP contribution in [0.5, 0.6) is 11.6 Å². The number of rotatable bonds is 6. The van der Waals surface area contributed by atoms with E-state index in [-0.39, 0.29) is 28.3 Å². The quantitative estimate of drug-likeness (QED) is 0.188. The van der Waals surface area contributed by atoms with Crippen LogP contribution in [0.2, 0.25) is 0 Å². The first-order chi connectivity index (χ1) is 19.6. The van der Waals surface area contributed by atoms with Crippen molar-refractivity contribution in [2.45, 2.75) is 59.9 Å². The monoisotopic (exact) mass is 549 g/mol. The number of aromatic nitrogens is 5. The third-order valence-electron chi connectivity index (χ3n) is 8.07. The molecule has 0 unspecified atom stereocenters. The highest BCUT2D eigenvalue weighted by molar-refractivity contribution is 5.98. The molecule has 0 bridgehead atoms. The largest absolute Gasteiger partial charge is 0.505 e. The summed E-state index contributed by atoms with van der Waals surface area (Å²) in [6.45, 7) is 8.72. The maximum Gasteiger partial charge on any atom is 0.252 e. The first-order valence-corrected chi connectivity index (χ1v) is 13.8. The Bertz CT molecular complexity index is 2090. The molecule has 2 aliphatic rings. The van der Waals surface area contributed by atoms with Gasteiger partial charge in [-0.05, 0) is 99.0 Å². The summed E-state index contributed by atoms with van der Waals surface area (Å²) in [4.78, 5) is 41.4. The zero-order chi connectivity index (χ0) is 29.0. The van der Waals surface area contributed by atoms with E-state index in [4.69, 9.17) is 0 Å². The van der Waals surface area contributed by atoms with Gasteiger partial charge in [-0.3, -0.25) is 9.59 Å². The van der Waals surface area contributed by atoms with Crippen molar-refractivity contribution in [1.29, 1.82) is 0 Å². The van der Waals surface area contributed by atoms with Crippen molar-refractivity contribution in [3.8, 4) is 23.1 Å². The number of nitrogens with one attached hydrogen (secondary N) is 1. The Kier molecular flexibility index (Phi) is 6.44. The van der Waals surface area contributed by atoms with Gasteiger partial charge in [-0.15, -0.1) is 0 Å². The Balaban J connectivity index is 1.32. The van der Waals surface area contributed by atoms with Crippen molar-refractivity contribution in [1.82, 2.24) is 24.5 Å². The molecule has 2 aromatic heterocycles. The van der Waals surface area contributed by atoms with Gasteiger partial charge >= 0.3 is 0 Å². The molecule has 0 saturated carbocycles. The molecule has 2 aromatic carbocycles. The van der Waals surface area contributed by atoms with E-state index in [1.807, 2.05) is 37.5 Å². The second kappa shape index (κ2) is 9.99. The van der Waals surface area contributed by atoms with E-state index in [1.54, 1.807) is 0 Å². The molecule has 0 atom stereocenters. The summed E-state index contributed by atoms with van der Waals surface area (Å²) >= 11 is 0. The zero-order valence-electron chi connectivity index (χ0n) is 23.5. The highest BCUT2D eigenvalue weighted by Gasteiger charge is 2.19. The van der Waals surface area contributed by atoms with Crippen LogP contribution in [0, 0.1) is 27.7 Å². The lowest BCUT2D eigenvalue weighted by molar-refractivity contribution is 0.450. The van der Waals surface area contributed by atoms with Crippen LogP contribution >= 0.6 is 0 Å². The highest BCUT2D eigenvalue weighted by Crippen LogP contribution is 2.32. The fourth-order valence-corrected chi connectivity index (χ4v) is 5.60. The molecule has 3 N–H and O–H groups in total. The average Bonchev–Trinajstić information content (AvgIpc) is 2.90. The van der Waals surface area contributed by atoms with Crippen LogP contribution in [0.15, 0.2) is 46.0 Å². The van der Waals surface area contributed by atoms with E-state index in [2.05, 4.69) is 39.0 Å². The molecule has 9 nitrogen and oxygen atoms in total. The number of hydrogen-bond acceptors (Lipinski definition) is 7. The predicted molar refractivity (Wildman–Crippen MR) is 160 cm³/mol. The van der Waals surface area contributed by atoms with Crippen molar-refractivity contribution in [2.24, 2.45) is 0 Å². The number of benzene rings is 2. The number of hydrogen-bond donors (Lipinski definition) is 3. The Labute approximate surface area is 235 Å². The maximum atomic E-state index is 12.7. The molecule has 0 amide bonds. The zero-order valence-corrected chi connectivity index (χ0v) is 23.5. The van der Waals surface area contributed by atoms with Gasteiger partial charge in [-0.25, -0.2) is 9.97 Å². The first-order valence-electron chi connectivity index (χ1n) is 13.8. The molecule has 6 rings (SSSR count). The topological polar surface area (TPSA) is 134 Å². The van der Waals surface area contributed by atoms with Gasteiger partial charge in [0.05, 0.1) is 28.1 Å². The molecular weight excluding hydrogens is 518 g/mol. The number of aromatic hydroxyl groups is 2. The lowest BCUT2D eigenvalue weighted by Crippen LogP contribution is -2.17. The summed E-state index contributed by atoms with van der Waals surface area (Å²) in [7, 11) is 0. The van der Waals surface area contributed by atoms with Crippen molar-refractivity contribution in [2.75, 3.05) is 0 Å². The van der Waals surface area contributed by atoms with Gasteiger partial charge in [0.1, 0.15) is 11.3 Å².